The number of halogens is 4. The predicted octanol–water partition coefficient (Wildman–Crippen LogP) is 3.59. The van der Waals surface area contributed by atoms with Crippen LogP contribution in [0.5, 0.6) is 0 Å². The molecule has 0 radical (unpaired) electrons. The summed E-state index contributed by atoms with van der Waals surface area (Å²) in [5.41, 5.74) is 1.87. The molecule has 2 fully saturated rings. The number of benzene rings is 2. The normalized spacial score (nSPS) is 19.1. The van der Waals surface area contributed by atoms with E-state index in [-0.39, 0.29) is 143 Å². The van der Waals surface area contributed by atoms with E-state index < -0.39 is 0 Å². The van der Waals surface area contributed by atoms with Gasteiger partial charge < -0.3 is 11.3 Å². The smallest absolute Gasteiger partial charge is 1.00 e. The van der Waals surface area contributed by atoms with Crippen LogP contribution in [0.1, 0.15) is 59.0 Å². The Kier molecular flexibility index (Phi) is 32.9. The van der Waals surface area contributed by atoms with Crippen LogP contribution >= 0.6 is 85.8 Å². The molecule has 2 aromatic carbocycles. The SMILES string of the molecule is C.C.CCOC(=O)[C@H]1C[C@@H]1c1ccc(Br)c(F)c1.OC[C@H]1C[C@@H]1c1ccc(Br)c(F)c1.S.S.S.S.[AlH3].[H-].[Li+]. The van der Waals surface area contributed by atoms with E-state index >= 15 is 0 Å². The second-order valence-electron chi connectivity index (χ2n) is 7.33. The molecule has 0 spiro atoms. The molecule has 212 valence electrons. The molecule has 0 aromatic heterocycles. The fourth-order valence-electron chi connectivity index (χ4n) is 3.42. The molecule has 3 nitrogen and oxygen atoms in total. The van der Waals surface area contributed by atoms with Crippen molar-refractivity contribution in [3.8, 4) is 0 Å². The van der Waals surface area contributed by atoms with E-state index in [1.54, 1.807) is 25.1 Å². The van der Waals surface area contributed by atoms with E-state index in [0.29, 0.717) is 27.4 Å². The number of ether oxygens (including phenoxy) is 1. The van der Waals surface area contributed by atoms with Gasteiger partial charge in [-0.2, -0.15) is 54.0 Å². The molecule has 1 N–H and O–H groups in total. The van der Waals surface area contributed by atoms with Crippen LogP contribution in [0.2, 0.25) is 0 Å². The third kappa shape index (κ3) is 14.6. The van der Waals surface area contributed by atoms with Gasteiger partial charge in [-0.1, -0.05) is 27.0 Å². The number of aliphatic hydroxyl groups is 1. The van der Waals surface area contributed by atoms with E-state index in [0.717, 1.165) is 24.0 Å². The molecule has 13 heteroatoms. The summed E-state index contributed by atoms with van der Waals surface area (Å²) in [5, 5.41) is 8.86. The minimum atomic E-state index is -0.285. The number of carbonyl (C=O) groups is 1. The predicted molar refractivity (Wildman–Crippen MR) is 180 cm³/mol. The first-order chi connectivity index (χ1) is 13.8. The summed E-state index contributed by atoms with van der Waals surface area (Å²) < 4.78 is 32.2. The van der Waals surface area contributed by atoms with Crippen LogP contribution in [0.4, 0.5) is 8.78 Å². The maximum atomic E-state index is 13.3. The molecule has 0 heterocycles. The van der Waals surface area contributed by atoms with Crippen LogP contribution in [0.15, 0.2) is 45.3 Å². The van der Waals surface area contributed by atoms with Gasteiger partial charge in [0.1, 0.15) is 11.6 Å². The van der Waals surface area contributed by atoms with Crippen molar-refractivity contribution in [2.24, 2.45) is 11.8 Å². The molecule has 4 rings (SSSR count). The fraction of sp³-hybridized carbons (Fsp3) is 0.458. The van der Waals surface area contributed by atoms with Crippen LogP contribution in [-0.2, 0) is 9.53 Å². The van der Waals surface area contributed by atoms with Crippen LogP contribution in [0, 0.1) is 23.5 Å². The van der Waals surface area contributed by atoms with Crippen molar-refractivity contribution in [1.29, 1.82) is 0 Å². The Balaban J connectivity index is -0.0000000826. The molecule has 2 aliphatic carbocycles. The summed E-state index contributed by atoms with van der Waals surface area (Å²) >= 11 is 6.21. The van der Waals surface area contributed by atoms with Crippen molar-refractivity contribution in [2.45, 2.75) is 46.5 Å². The Hall–Kier alpha value is 1.22. The van der Waals surface area contributed by atoms with Gasteiger partial charge >= 0.3 is 24.8 Å². The number of hydrogen-bond donors (Lipinski definition) is 1. The first-order valence-corrected chi connectivity index (χ1v) is 11.1. The molecule has 37 heavy (non-hydrogen) atoms. The van der Waals surface area contributed by atoms with Gasteiger partial charge in [-0.05, 0) is 105 Å². The van der Waals surface area contributed by atoms with Gasteiger partial charge in [-0.25, -0.2) is 8.78 Å². The number of hydrogen-bond acceptors (Lipinski definition) is 3. The Morgan fingerprint density at radius 1 is 0.946 bits per heavy atom. The van der Waals surface area contributed by atoms with Gasteiger partial charge in [0.05, 0.1) is 21.5 Å². The molecule has 0 unspecified atom stereocenters. The fourth-order valence-corrected chi connectivity index (χ4v) is 3.91. The summed E-state index contributed by atoms with van der Waals surface area (Å²) in [7, 11) is 0. The van der Waals surface area contributed by atoms with E-state index in [1.807, 2.05) is 12.1 Å². The van der Waals surface area contributed by atoms with Gasteiger partial charge in [-0.15, -0.1) is 0 Å². The van der Waals surface area contributed by atoms with Gasteiger partial charge in [0.2, 0.25) is 0 Å². The second-order valence-corrected chi connectivity index (χ2v) is 9.04. The number of aliphatic hydroxyl groups excluding tert-OH is 1. The molecule has 0 amide bonds. The number of esters is 1. The van der Waals surface area contributed by atoms with E-state index in [4.69, 9.17) is 9.84 Å². The standard InChI is InChI=1S/C12H12BrFO2.C10H10BrFO.2CH4.Al.Li.4H2S.4H/c1-2-16-12(15)9-6-8(9)7-3-4-10(13)11(14)5-7;11-9-2-1-6(4-10(9)12)8-3-7(8)5-13;;;;;;;;;;;;/h3-5,8-9H,2,6H2,1H3;1-2,4,7-8,13H,3,5H2;2*1H4;;;4*1H2;;;;/q;;;;;+1;;;;;;;;-1/t8-,9+;7-,8-;;;;;;;;;;;;/m11............/s1. The quantitative estimate of drug-likeness (QED) is 0.377. The van der Waals surface area contributed by atoms with Crippen molar-refractivity contribution in [3.63, 3.8) is 0 Å². The maximum Gasteiger partial charge on any atom is 1.00 e. The van der Waals surface area contributed by atoms with Crippen LogP contribution in [0.3, 0.4) is 0 Å². The molecule has 4 atom stereocenters. The summed E-state index contributed by atoms with van der Waals surface area (Å²) in [6.45, 7) is 2.40. The minimum absolute atomic E-state index is 0. The average Bonchev–Trinajstić information content (AvgIpc) is 3.60. The minimum Gasteiger partial charge on any atom is -1.00 e. The molecular weight excluding hydrogens is 696 g/mol. The first kappa shape index (κ1) is 51.0. The van der Waals surface area contributed by atoms with Crippen LogP contribution < -0.4 is 18.9 Å². The topological polar surface area (TPSA) is 46.5 Å². The maximum absolute atomic E-state index is 13.3. The van der Waals surface area contributed by atoms with Crippen molar-refractivity contribution in [3.05, 3.63) is 68.1 Å². The summed E-state index contributed by atoms with van der Waals surface area (Å²) in [4.78, 5) is 11.4. The number of rotatable bonds is 5. The average molecular weight is 739 g/mol. The van der Waals surface area contributed by atoms with Gasteiger partial charge in [-0.3, -0.25) is 4.79 Å². The summed E-state index contributed by atoms with van der Waals surface area (Å²) in [6, 6.07) is 10.2. The third-order valence-electron chi connectivity index (χ3n) is 5.28. The van der Waals surface area contributed by atoms with Gasteiger partial charge in [0.15, 0.2) is 17.4 Å². The molecule has 2 saturated carbocycles. The zero-order valence-corrected chi connectivity index (χ0v) is 26.0. The Bertz CT molecular complexity index is 929. The zero-order valence-electron chi connectivity index (χ0n) is 19.9. The van der Waals surface area contributed by atoms with Crippen molar-refractivity contribution >= 4 is 109 Å². The summed E-state index contributed by atoms with van der Waals surface area (Å²) in [5.74, 6) is 0.0827. The van der Waals surface area contributed by atoms with E-state index in [1.165, 1.54) is 6.07 Å². The Labute approximate surface area is 289 Å². The molecule has 0 bridgehead atoms. The van der Waals surface area contributed by atoms with Gasteiger partial charge in [0, 0.05) is 6.61 Å². The molecule has 0 aliphatic heterocycles. The van der Waals surface area contributed by atoms with Crippen LogP contribution in [-0.4, -0.2) is 41.7 Å². The first-order valence-electron chi connectivity index (χ1n) is 9.53. The van der Waals surface area contributed by atoms with Gasteiger partial charge in [0.25, 0.3) is 0 Å². The third-order valence-corrected chi connectivity index (χ3v) is 6.57. The van der Waals surface area contributed by atoms with Crippen molar-refractivity contribution in [2.75, 3.05) is 13.2 Å². The largest absolute Gasteiger partial charge is 1.00 e. The van der Waals surface area contributed by atoms with Crippen molar-refractivity contribution < 1.29 is 43.7 Å². The second kappa shape index (κ2) is 23.9. The van der Waals surface area contributed by atoms with E-state index in [9.17, 15) is 13.6 Å². The molecule has 2 aliphatic rings. The number of carbonyl (C=O) groups excluding carboxylic acids is 1. The molecule has 0 saturated heterocycles. The zero-order chi connectivity index (χ0) is 21.1. The van der Waals surface area contributed by atoms with E-state index in [2.05, 4.69) is 31.9 Å². The van der Waals surface area contributed by atoms with Crippen molar-refractivity contribution in [1.82, 2.24) is 0 Å². The Morgan fingerprint density at radius 3 is 1.73 bits per heavy atom. The van der Waals surface area contributed by atoms with Crippen LogP contribution in [0.25, 0.3) is 0 Å². The Morgan fingerprint density at radius 2 is 1.38 bits per heavy atom. The summed E-state index contributed by atoms with van der Waals surface area (Å²) in [6.07, 6.45) is 1.75. The monoisotopic (exact) mass is 736 g/mol. The molecule has 2 aromatic rings. The molecular formula is C24H42AlBr2F2LiO3S4.